The third-order valence-electron chi connectivity index (χ3n) is 2.66. The number of aromatic carboxylic acids is 1. The van der Waals surface area contributed by atoms with Crippen LogP contribution in [-0.2, 0) is 6.18 Å². The summed E-state index contributed by atoms with van der Waals surface area (Å²) in [4.78, 5) is 34.1. The summed E-state index contributed by atoms with van der Waals surface area (Å²) in [5, 5.41) is 18.6. The average Bonchev–Trinajstić information content (AvgIpc) is 2.35. The van der Waals surface area contributed by atoms with Crippen LogP contribution in [0.1, 0.15) is 16.1 Å². The van der Waals surface area contributed by atoms with Crippen molar-refractivity contribution in [1.29, 1.82) is 0 Å². The minimum atomic E-state index is -5.00. The van der Waals surface area contributed by atoms with Gasteiger partial charge < -0.3 is 10.1 Å². The zero-order chi connectivity index (χ0) is 15.9. The lowest BCUT2D eigenvalue weighted by molar-refractivity contribution is -0.385. The van der Waals surface area contributed by atoms with Gasteiger partial charge in [0.25, 0.3) is 5.69 Å². The molecule has 0 fully saturated rings. The number of non-ortho nitro benzene ring substituents is 1. The number of carboxylic acids is 1. The molecule has 1 heterocycles. The molecule has 0 spiro atoms. The summed E-state index contributed by atoms with van der Waals surface area (Å²) < 4.78 is 38.7. The number of carbonyl (C=O) groups is 1. The van der Waals surface area contributed by atoms with Crippen LogP contribution < -0.4 is 5.43 Å². The van der Waals surface area contributed by atoms with Crippen molar-refractivity contribution in [3.63, 3.8) is 0 Å². The first kappa shape index (κ1) is 14.5. The molecule has 0 unspecified atom stereocenters. The molecule has 2 rings (SSSR count). The Labute approximate surface area is 112 Å². The number of aromatic amines is 1. The van der Waals surface area contributed by atoms with E-state index in [1.165, 1.54) is 0 Å². The van der Waals surface area contributed by atoms with Crippen molar-refractivity contribution in [2.45, 2.75) is 6.18 Å². The number of hydrogen-bond donors (Lipinski definition) is 2. The number of halogens is 3. The molecule has 0 atom stereocenters. The van der Waals surface area contributed by atoms with Crippen LogP contribution in [0.3, 0.4) is 0 Å². The Morgan fingerprint density at radius 2 is 1.90 bits per heavy atom. The van der Waals surface area contributed by atoms with Crippen LogP contribution in [-0.4, -0.2) is 21.0 Å². The van der Waals surface area contributed by atoms with Crippen molar-refractivity contribution in [1.82, 2.24) is 4.98 Å². The Morgan fingerprint density at radius 1 is 1.29 bits per heavy atom. The highest BCUT2D eigenvalue weighted by atomic mass is 19.4. The van der Waals surface area contributed by atoms with Gasteiger partial charge in [0, 0.05) is 18.2 Å². The van der Waals surface area contributed by atoms with Crippen molar-refractivity contribution in [3.05, 3.63) is 49.8 Å². The van der Waals surface area contributed by atoms with E-state index in [0.29, 0.717) is 12.1 Å². The first-order valence-corrected chi connectivity index (χ1v) is 5.27. The molecule has 0 aliphatic carbocycles. The maximum absolute atomic E-state index is 12.9. The minimum Gasteiger partial charge on any atom is -0.477 e. The molecular weight excluding hydrogens is 297 g/mol. The summed E-state index contributed by atoms with van der Waals surface area (Å²) in [7, 11) is 0. The topological polar surface area (TPSA) is 113 Å². The molecular formula is C11H5F3N2O5. The van der Waals surface area contributed by atoms with Gasteiger partial charge >= 0.3 is 12.1 Å². The first-order valence-electron chi connectivity index (χ1n) is 5.27. The molecule has 2 N–H and O–H groups in total. The molecule has 0 amide bonds. The van der Waals surface area contributed by atoms with Gasteiger partial charge in [-0.15, -0.1) is 0 Å². The monoisotopic (exact) mass is 302 g/mol. The van der Waals surface area contributed by atoms with Gasteiger partial charge in [0.15, 0.2) is 5.43 Å². The van der Waals surface area contributed by atoms with Crippen molar-refractivity contribution in [2.75, 3.05) is 0 Å². The first-order chi connectivity index (χ1) is 9.61. The number of nitro groups is 1. The molecule has 110 valence electrons. The number of nitro benzene ring substituents is 1. The fourth-order valence-electron chi connectivity index (χ4n) is 1.82. The smallest absolute Gasteiger partial charge is 0.417 e. The van der Waals surface area contributed by atoms with E-state index in [1.54, 1.807) is 0 Å². The van der Waals surface area contributed by atoms with Gasteiger partial charge in [-0.25, -0.2) is 4.79 Å². The van der Waals surface area contributed by atoms with E-state index in [0.717, 1.165) is 0 Å². The number of nitrogens with one attached hydrogen (secondary N) is 1. The van der Waals surface area contributed by atoms with Crippen LogP contribution in [0.4, 0.5) is 18.9 Å². The normalized spacial score (nSPS) is 11.6. The quantitative estimate of drug-likeness (QED) is 0.651. The number of hydrogen-bond acceptors (Lipinski definition) is 4. The molecule has 0 bridgehead atoms. The van der Waals surface area contributed by atoms with Crippen molar-refractivity contribution < 1.29 is 28.0 Å². The predicted molar refractivity (Wildman–Crippen MR) is 63.2 cm³/mol. The second kappa shape index (κ2) is 4.58. The standard InChI is InChI=1S/C11H5F3N2O5/c12-11(13,14)5-1-4(16(20)21)2-6-9(5)8(17)3-7(15-6)10(18)19/h1-3H,(H,15,17)(H,18,19). The molecule has 1 aromatic carbocycles. The number of pyridine rings is 1. The van der Waals surface area contributed by atoms with E-state index in [9.17, 15) is 32.9 Å². The SMILES string of the molecule is O=C(O)c1cc(=O)c2c(C(F)(F)F)cc([N+](=O)[O-])cc2[nH]1. The lowest BCUT2D eigenvalue weighted by atomic mass is 10.1. The number of fused-ring (bicyclic) bond motifs is 1. The predicted octanol–water partition coefficient (Wildman–Crippen LogP) is 2.15. The molecule has 2 aromatic rings. The fraction of sp³-hybridized carbons (Fsp3) is 0.0909. The highest BCUT2D eigenvalue weighted by Gasteiger charge is 2.36. The zero-order valence-electron chi connectivity index (χ0n) is 9.89. The van der Waals surface area contributed by atoms with E-state index in [-0.39, 0.29) is 6.07 Å². The van der Waals surface area contributed by atoms with Crippen molar-refractivity contribution in [3.8, 4) is 0 Å². The Balaban J connectivity index is 2.98. The zero-order valence-corrected chi connectivity index (χ0v) is 9.89. The highest BCUT2D eigenvalue weighted by Crippen LogP contribution is 2.35. The largest absolute Gasteiger partial charge is 0.477 e. The minimum absolute atomic E-state index is 0.234. The lowest BCUT2D eigenvalue weighted by Crippen LogP contribution is -2.16. The summed E-state index contributed by atoms with van der Waals surface area (Å²) >= 11 is 0. The Hall–Kier alpha value is -2.91. The average molecular weight is 302 g/mol. The molecule has 7 nitrogen and oxygen atoms in total. The fourth-order valence-corrected chi connectivity index (χ4v) is 1.82. The second-order valence-electron chi connectivity index (χ2n) is 4.02. The number of nitrogens with zero attached hydrogens (tertiary/aromatic N) is 1. The molecule has 0 radical (unpaired) electrons. The van der Waals surface area contributed by atoms with Gasteiger partial charge in [0.05, 0.1) is 21.4 Å². The molecule has 10 heteroatoms. The number of aromatic nitrogens is 1. The Bertz CT molecular complexity index is 820. The van der Waals surface area contributed by atoms with E-state index in [1.807, 2.05) is 0 Å². The van der Waals surface area contributed by atoms with Crippen LogP contribution in [0.5, 0.6) is 0 Å². The molecule has 0 saturated heterocycles. The number of carboxylic acid groups (broad SMARTS) is 1. The number of alkyl halides is 3. The maximum atomic E-state index is 12.9. The number of benzene rings is 1. The van der Waals surface area contributed by atoms with E-state index >= 15 is 0 Å². The summed E-state index contributed by atoms with van der Waals surface area (Å²) in [5.41, 5.74) is -4.83. The molecule has 0 aliphatic rings. The summed E-state index contributed by atoms with van der Waals surface area (Å²) in [6.45, 7) is 0. The molecule has 21 heavy (non-hydrogen) atoms. The lowest BCUT2D eigenvalue weighted by Gasteiger charge is -2.10. The summed E-state index contributed by atoms with van der Waals surface area (Å²) in [5.74, 6) is -1.57. The van der Waals surface area contributed by atoms with Crippen LogP contribution in [0.25, 0.3) is 10.9 Å². The molecule has 1 aromatic heterocycles. The maximum Gasteiger partial charge on any atom is 0.417 e. The third kappa shape index (κ3) is 2.55. The number of rotatable bonds is 2. The van der Waals surface area contributed by atoms with Crippen molar-refractivity contribution >= 4 is 22.6 Å². The van der Waals surface area contributed by atoms with E-state index < -0.39 is 50.3 Å². The van der Waals surface area contributed by atoms with Gasteiger partial charge in [-0.1, -0.05) is 0 Å². The van der Waals surface area contributed by atoms with Gasteiger partial charge in [-0.3, -0.25) is 14.9 Å². The van der Waals surface area contributed by atoms with Gasteiger partial charge in [-0.05, 0) is 0 Å². The highest BCUT2D eigenvalue weighted by molar-refractivity contribution is 5.91. The van der Waals surface area contributed by atoms with Crippen molar-refractivity contribution in [2.24, 2.45) is 0 Å². The van der Waals surface area contributed by atoms with Gasteiger partial charge in [0.1, 0.15) is 5.69 Å². The van der Waals surface area contributed by atoms with Crippen LogP contribution in [0.2, 0.25) is 0 Å². The molecule has 0 saturated carbocycles. The summed E-state index contributed by atoms with van der Waals surface area (Å²) in [6, 6.07) is 1.40. The summed E-state index contributed by atoms with van der Waals surface area (Å²) in [6.07, 6.45) is -5.00. The van der Waals surface area contributed by atoms with E-state index in [4.69, 9.17) is 5.11 Å². The molecule has 0 aliphatic heterocycles. The van der Waals surface area contributed by atoms with E-state index in [2.05, 4.69) is 4.98 Å². The Kier molecular flexibility index (Phi) is 3.16. The van der Waals surface area contributed by atoms with Crippen LogP contribution >= 0.6 is 0 Å². The van der Waals surface area contributed by atoms with Crippen LogP contribution in [0.15, 0.2) is 23.0 Å². The van der Waals surface area contributed by atoms with Gasteiger partial charge in [0.2, 0.25) is 0 Å². The van der Waals surface area contributed by atoms with Gasteiger partial charge in [-0.2, -0.15) is 13.2 Å². The Morgan fingerprint density at radius 3 is 2.38 bits per heavy atom. The number of H-pyrrole nitrogens is 1. The second-order valence-corrected chi connectivity index (χ2v) is 4.02. The van der Waals surface area contributed by atoms with Crippen LogP contribution in [0, 0.1) is 10.1 Å². The third-order valence-corrected chi connectivity index (χ3v) is 2.66.